The van der Waals surface area contributed by atoms with Crippen molar-refractivity contribution < 1.29 is 34.1 Å². The fraction of sp³-hybridized carbons (Fsp3) is 0.273. The number of carboxylic acid groups (broad SMARTS) is 2. The van der Waals surface area contributed by atoms with Crippen molar-refractivity contribution in [2.75, 3.05) is 37.3 Å². The molecule has 2 amide bonds. The van der Waals surface area contributed by atoms with E-state index in [1.165, 1.54) is 52.0 Å². The zero-order chi connectivity index (χ0) is 31.8. The third-order valence-electron chi connectivity index (χ3n) is 7.46. The minimum absolute atomic E-state index is 0.150. The molecule has 0 saturated carbocycles. The van der Waals surface area contributed by atoms with E-state index in [1.54, 1.807) is 11.3 Å². The molecule has 1 aromatic heterocycles. The van der Waals surface area contributed by atoms with E-state index in [4.69, 9.17) is 24.5 Å². The molecule has 4 N–H and O–H groups in total. The summed E-state index contributed by atoms with van der Waals surface area (Å²) in [5.41, 5.74) is 4.39. The Morgan fingerprint density at radius 1 is 0.933 bits per heavy atom. The van der Waals surface area contributed by atoms with Gasteiger partial charge in [-0.3, -0.25) is 14.5 Å². The second-order valence-electron chi connectivity index (χ2n) is 10.6. The fourth-order valence-corrected chi connectivity index (χ4v) is 7.18. The van der Waals surface area contributed by atoms with Gasteiger partial charge in [-0.25, -0.2) is 9.59 Å². The second-order valence-corrected chi connectivity index (χ2v) is 12.6. The summed E-state index contributed by atoms with van der Waals surface area (Å²) >= 11 is 2.93. The number of hydrogen-bond donors (Lipinski definition) is 4. The monoisotopic (exact) mass is 647 g/mol. The number of amides is 2. The van der Waals surface area contributed by atoms with Crippen molar-refractivity contribution in [2.45, 2.75) is 25.3 Å². The van der Waals surface area contributed by atoms with E-state index in [2.05, 4.69) is 76.2 Å². The highest BCUT2D eigenvalue weighted by molar-refractivity contribution is 8.14. The first kappa shape index (κ1) is 32.0. The topological polar surface area (TPSA) is 145 Å². The third-order valence-corrected chi connectivity index (χ3v) is 9.61. The molecule has 2 saturated heterocycles. The number of aliphatic carboxylic acids is 2. The Hall–Kier alpha value is -4.39. The van der Waals surface area contributed by atoms with Gasteiger partial charge in [-0.05, 0) is 84.8 Å². The number of thiophene rings is 1. The van der Waals surface area contributed by atoms with Gasteiger partial charge in [0.15, 0.2) is 0 Å². The van der Waals surface area contributed by atoms with Crippen LogP contribution in [0.15, 0.2) is 72.8 Å². The Labute approximate surface area is 268 Å². The van der Waals surface area contributed by atoms with E-state index >= 15 is 0 Å². The number of ether oxygens (including phenoxy) is 1. The van der Waals surface area contributed by atoms with Crippen molar-refractivity contribution in [1.82, 2.24) is 10.2 Å². The van der Waals surface area contributed by atoms with Gasteiger partial charge in [-0.2, -0.15) is 0 Å². The van der Waals surface area contributed by atoms with E-state index in [9.17, 15) is 9.59 Å². The quantitative estimate of drug-likeness (QED) is 0.172. The summed E-state index contributed by atoms with van der Waals surface area (Å²) < 4.78 is 7.27. The van der Waals surface area contributed by atoms with Gasteiger partial charge < -0.3 is 25.6 Å². The van der Waals surface area contributed by atoms with Crippen LogP contribution < -0.4 is 15.4 Å². The molecule has 2 fully saturated rings. The van der Waals surface area contributed by atoms with Gasteiger partial charge in [0.1, 0.15) is 18.4 Å². The number of hydrogen-bond acceptors (Lipinski definition) is 8. The molecule has 0 radical (unpaired) electrons. The summed E-state index contributed by atoms with van der Waals surface area (Å²) in [4.78, 5) is 45.8. The lowest BCUT2D eigenvalue weighted by molar-refractivity contribution is -0.159. The summed E-state index contributed by atoms with van der Waals surface area (Å²) in [7, 11) is 0. The number of carbonyl (C=O) groups is 4. The van der Waals surface area contributed by atoms with E-state index in [0.29, 0.717) is 5.75 Å². The summed E-state index contributed by atoms with van der Waals surface area (Å²) in [6.07, 6.45) is 3.43. The maximum atomic E-state index is 12.5. The second kappa shape index (κ2) is 15.1. The van der Waals surface area contributed by atoms with Crippen LogP contribution in [0.25, 0.3) is 20.5 Å². The van der Waals surface area contributed by atoms with Crippen molar-refractivity contribution in [2.24, 2.45) is 0 Å². The van der Waals surface area contributed by atoms with Crippen LogP contribution in [0.5, 0.6) is 5.75 Å². The summed E-state index contributed by atoms with van der Waals surface area (Å²) in [5, 5.41) is 21.5. The van der Waals surface area contributed by atoms with Crippen LogP contribution in [0.1, 0.15) is 24.0 Å². The van der Waals surface area contributed by atoms with Crippen molar-refractivity contribution in [3.63, 3.8) is 0 Å². The molecule has 1 atom stereocenters. The van der Waals surface area contributed by atoms with Crippen LogP contribution in [0, 0.1) is 0 Å². The van der Waals surface area contributed by atoms with Crippen LogP contribution in [0.4, 0.5) is 10.5 Å². The maximum absolute atomic E-state index is 12.5. The van der Waals surface area contributed by atoms with Crippen LogP contribution in [-0.2, 0) is 20.8 Å². The highest BCUT2D eigenvalue weighted by Crippen LogP contribution is 2.40. The minimum Gasteiger partial charge on any atom is -0.492 e. The summed E-state index contributed by atoms with van der Waals surface area (Å²) in [6, 6.07) is 24.5. The summed E-state index contributed by atoms with van der Waals surface area (Å²) in [6.45, 7) is 4.10. The number of benzene rings is 3. The average Bonchev–Trinajstić information content (AvgIpc) is 3.80. The molecule has 234 valence electrons. The van der Waals surface area contributed by atoms with Gasteiger partial charge in [0.2, 0.25) is 5.91 Å². The predicted octanol–water partition coefficient (Wildman–Crippen LogP) is 5.55. The lowest BCUT2D eigenvalue weighted by Crippen LogP contribution is -2.38. The molecule has 4 aromatic rings. The van der Waals surface area contributed by atoms with Gasteiger partial charge in [0.05, 0.1) is 0 Å². The molecule has 12 heteroatoms. The number of carbonyl (C=O) groups excluding carboxylic acids is 2. The number of nitrogens with zero attached hydrogens (tertiary/aromatic N) is 1. The number of nitrogens with one attached hydrogen (secondary N) is 2. The Bertz CT molecular complexity index is 1650. The molecule has 0 aliphatic carbocycles. The SMILES string of the molecule is O=C(O)C(=O)O.O=C1N[C@H](C(=O)Nc2ccc(-c3sc4ccccc4c3Cc3ccc(OCCN4CCCC4)cc3)cc2)CS1. The Kier molecular flexibility index (Phi) is 10.7. The van der Waals surface area contributed by atoms with Gasteiger partial charge in [-0.15, -0.1) is 11.3 Å². The number of likely N-dealkylation sites (tertiary alicyclic amines) is 1. The van der Waals surface area contributed by atoms with Crippen molar-refractivity contribution in [3.05, 3.63) is 83.9 Å². The Morgan fingerprint density at radius 2 is 1.62 bits per heavy atom. The fourth-order valence-electron chi connectivity index (χ4n) is 5.17. The van der Waals surface area contributed by atoms with E-state index in [0.717, 1.165) is 48.3 Å². The third kappa shape index (κ3) is 8.62. The zero-order valence-electron chi connectivity index (χ0n) is 24.4. The van der Waals surface area contributed by atoms with Crippen LogP contribution in [0.2, 0.25) is 0 Å². The summed E-state index contributed by atoms with van der Waals surface area (Å²) in [5.74, 6) is -2.46. The lowest BCUT2D eigenvalue weighted by Gasteiger charge is -2.15. The van der Waals surface area contributed by atoms with E-state index < -0.39 is 18.0 Å². The highest BCUT2D eigenvalue weighted by Gasteiger charge is 2.28. The predicted molar refractivity (Wildman–Crippen MR) is 176 cm³/mol. The van der Waals surface area contributed by atoms with Gasteiger partial charge >= 0.3 is 11.9 Å². The molecule has 2 aliphatic heterocycles. The molecule has 6 rings (SSSR count). The smallest absolute Gasteiger partial charge is 0.414 e. The molecular weight excluding hydrogens is 615 g/mol. The van der Waals surface area contributed by atoms with Crippen LogP contribution in [-0.4, -0.2) is 76.2 Å². The maximum Gasteiger partial charge on any atom is 0.414 e. The minimum atomic E-state index is -1.82. The molecule has 0 spiro atoms. The molecule has 10 nitrogen and oxygen atoms in total. The molecule has 45 heavy (non-hydrogen) atoms. The first-order valence-electron chi connectivity index (χ1n) is 14.5. The molecule has 3 aromatic carbocycles. The Morgan fingerprint density at radius 3 is 2.27 bits per heavy atom. The normalized spacial score (nSPS) is 16.1. The van der Waals surface area contributed by atoms with Crippen LogP contribution in [0.3, 0.4) is 0 Å². The highest BCUT2D eigenvalue weighted by atomic mass is 32.2. The van der Waals surface area contributed by atoms with E-state index in [-0.39, 0.29) is 11.1 Å². The van der Waals surface area contributed by atoms with Crippen molar-refractivity contribution >= 4 is 62.0 Å². The lowest BCUT2D eigenvalue weighted by atomic mass is 9.99. The number of rotatable bonds is 9. The van der Waals surface area contributed by atoms with Crippen molar-refractivity contribution in [3.8, 4) is 16.2 Å². The molecule has 2 aliphatic rings. The first-order valence-corrected chi connectivity index (χ1v) is 16.3. The van der Waals surface area contributed by atoms with Gasteiger partial charge in [0, 0.05) is 27.6 Å². The Balaban J connectivity index is 0.000000609. The molecule has 3 heterocycles. The number of thioether (sulfide) groups is 1. The van der Waals surface area contributed by atoms with E-state index in [1.807, 2.05) is 12.1 Å². The zero-order valence-corrected chi connectivity index (χ0v) is 26.0. The first-order chi connectivity index (χ1) is 21.8. The van der Waals surface area contributed by atoms with Crippen molar-refractivity contribution in [1.29, 1.82) is 0 Å². The largest absolute Gasteiger partial charge is 0.492 e. The number of carboxylic acids is 2. The van der Waals surface area contributed by atoms with Gasteiger partial charge in [0.25, 0.3) is 5.24 Å². The standard InChI is InChI=1S/C31H31N3O3S2.C2H2O4/c35-30(27-20-38-31(36)33-27)32-23-11-9-22(10-12-23)29-26(25-5-1-2-6-28(25)39-29)19-21-7-13-24(14-8-21)37-18-17-34-15-3-4-16-34;3-1(4)2(5)6/h1-2,5-14,27H,3-4,15-20H2,(H,32,35)(H,33,36);(H,3,4)(H,5,6)/t27-;/m0./s1. The van der Waals surface area contributed by atoms with Gasteiger partial charge in [-0.1, -0.05) is 54.2 Å². The molecule has 0 bridgehead atoms. The molecular formula is C33H33N3O7S2. The number of anilines is 1. The average molecular weight is 648 g/mol. The molecule has 0 unspecified atom stereocenters. The number of fused-ring (bicyclic) bond motifs is 1. The van der Waals surface area contributed by atoms with Crippen LogP contribution >= 0.6 is 23.1 Å².